The first kappa shape index (κ1) is 9.36. The predicted octanol–water partition coefficient (Wildman–Crippen LogP) is 1.24. The van der Waals surface area contributed by atoms with Gasteiger partial charge in [0, 0.05) is 11.3 Å². The minimum Gasteiger partial charge on any atom is -0.375 e. The van der Waals surface area contributed by atoms with Crippen molar-refractivity contribution < 1.29 is 4.74 Å². The fourth-order valence-electron chi connectivity index (χ4n) is 1.21. The van der Waals surface area contributed by atoms with Crippen molar-refractivity contribution in [3.8, 4) is 0 Å². The molecule has 11 heavy (non-hydrogen) atoms. The van der Waals surface area contributed by atoms with Crippen molar-refractivity contribution in [2.75, 3.05) is 12.4 Å². The second-order valence-electron chi connectivity index (χ2n) is 3.21. The monoisotopic (exact) mass is 175 g/mol. The van der Waals surface area contributed by atoms with E-state index in [9.17, 15) is 0 Å². The smallest absolute Gasteiger partial charge is 0.0699 e. The van der Waals surface area contributed by atoms with E-state index in [1.165, 1.54) is 12.2 Å². The molecular formula is C8H17NOS. The zero-order valence-corrected chi connectivity index (χ0v) is 8.06. The molecule has 3 atom stereocenters. The highest BCUT2D eigenvalue weighted by atomic mass is 32.2. The molecule has 1 heterocycles. The molecule has 0 aliphatic carbocycles. The molecule has 0 saturated carbocycles. The van der Waals surface area contributed by atoms with Crippen molar-refractivity contribution in [1.29, 1.82) is 0 Å². The van der Waals surface area contributed by atoms with Crippen molar-refractivity contribution in [1.82, 2.24) is 0 Å². The molecule has 3 unspecified atom stereocenters. The first-order valence-electron chi connectivity index (χ1n) is 4.19. The maximum Gasteiger partial charge on any atom is 0.0699 e. The van der Waals surface area contributed by atoms with Crippen molar-refractivity contribution in [2.24, 2.45) is 5.73 Å². The Morgan fingerprint density at radius 3 is 2.91 bits per heavy atom. The Morgan fingerprint density at radius 1 is 1.73 bits per heavy atom. The highest BCUT2D eigenvalue weighted by Crippen LogP contribution is 2.28. The van der Waals surface area contributed by atoms with Crippen LogP contribution in [0.25, 0.3) is 0 Å². The molecule has 2 nitrogen and oxygen atoms in total. The van der Waals surface area contributed by atoms with Crippen LogP contribution in [-0.2, 0) is 4.74 Å². The quantitative estimate of drug-likeness (QED) is 0.701. The first-order valence-corrected chi connectivity index (χ1v) is 5.24. The van der Waals surface area contributed by atoms with E-state index in [2.05, 4.69) is 6.92 Å². The molecule has 66 valence electrons. The summed E-state index contributed by atoms with van der Waals surface area (Å²) in [6, 6.07) is 0.174. The van der Waals surface area contributed by atoms with Crippen molar-refractivity contribution in [2.45, 2.75) is 37.7 Å². The van der Waals surface area contributed by atoms with Crippen LogP contribution in [0.4, 0.5) is 0 Å². The topological polar surface area (TPSA) is 35.2 Å². The van der Waals surface area contributed by atoms with E-state index in [0.29, 0.717) is 18.0 Å². The number of hydrogen-bond acceptors (Lipinski definition) is 3. The summed E-state index contributed by atoms with van der Waals surface area (Å²) in [5.74, 6) is 1.24. The largest absolute Gasteiger partial charge is 0.375 e. The number of rotatable bonds is 3. The van der Waals surface area contributed by atoms with Gasteiger partial charge in [-0.1, -0.05) is 6.92 Å². The van der Waals surface area contributed by atoms with Crippen molar-refractivity contribution in [3.63, 3.8) is 0 Å². The van der Waals surface area contributed by atoms with Crippen LogP contribution >= 0.6 is 11.8 Å². The van der Waals surface area contributed by atoms with Gasteiger partial charge in [-0.25, -0.2) is 0 Å². The van der Waals surface area contributed by atoms with Gasteiger partial charge in [-0.15, -0.1) is 0 Å². The molecule has 3 heteroatoms. The Hall–Kier alpha value is 0.270. The van der Waals surface area contributed by atoms with Crippen LogP contribution < -0.4 is 5.73 Å². The maximum absolute atomic E-state index is 5.63. The molecule has 0 radical (unpaired) electrons. The van der Waals surface area contributed by atoms with E-state index in [-0.39, 0.29) is 6.04 Å². The van der Waals surface area contributed by atoms with Gasteiger partial charge in [0.2, 0.25) is 0 Å². The van der Waals surface area contributed by atoms with Gasteiger partial charge in [0.15, 0.2) is 0 Å². The van der Waals surface area contributed by atoms with E-state index in [4.69, 9.17) is 10.5 Å². The third-order valence-electron chi connectivity index (χ3n) is 1.88. The third-order valence-corrected chi connectivity index (χ3v) is 3.18. The van der Waals surface area contributed by atoms with Crippen LogP contribution in [-0.4, -0.2) is 29.8 Å². The van der Waals surface area contributed by atoms with Crippen molar-refractivity contribution in [3.05, 3.63) is 0 Å². The SMILES string of the molecule is CC(N)COC1CCSC1C. The lowest BCUT2D eigenvalue weighted by Crippen LogP contribution is -2.28. The average molecular weight is 175 g/mol. The van der Waals surface area contributed by atoms with Crippen LogP contribution in [0.3, 0.4) is 0 Å². The molecule has 0 amide bonds. The number of thioether (sulfide) groups is 1. The van der Waals surface area contributed by atoms with E-state index in [1.54, 1.807) is 0 Å². The summed E-state index contributed by atoms with van der Waals surface area (Å²) in [7, 11) is 0. The molecule has 0 bridgehead atoms. The molecule has 1 rings (SSSR count). The summed E-state index contributed by atoms with van der Waals surface area (Å²) in [5.41, 5.74) is 5.58. The predicted molar refractivity (Wildman–Crippen MR) is 49.9 cm³/mol. The second-order valence-corrected chi connectivity index (χ2v) is 4.70. The molecule has 2 N–H and O–H groups in total. The molecular weight excluding hydrogens is 158 g/mol. The number of nitrogens with two attached hydrogens (primary N) is 1. The number of ether oxygens (including phenoxy) is 1. The number of hydrogen-bond donors (Lipinski definition) is 1. The standard InChI is InChI=1S/C8H17NOS/c1-6(9)5-10-8-3-4-11-7(8)2/h6-8H,3-5,9H2,1-2H3. The average Bonchev–Trinajstić information content (AvgIpc) is 2.31. The Labute approximate surface area is 72.9 Å². The van der Waals surface area contributed by atoms with Gasteiger partial charge < -0.3 is 10.5 Å². The zero-order valence-electron chi connectivity index (χ0n) is 7.25. The Bertz CT molecular complexity index is 119. The van der Waals surface area contributed by atoms with Crippen LogP contribution in [0.2, 0.25) is 0 Å². The minimum atomic E-state index is 0.174. The highest BCUT2D eigenvalue weighted by Gasteiger charge is 2.24. The van der Waals surface area contributed by atoms with Crippen molar-refractivity contribution >= 4 is 11.8 Å². The summed E-state index contributed by atoms with van der Waals surface area (Å²) in [6.07, 6.45) is 1.64. The van der Waals surface area contributed by atoms with E-state index in [0.717, 1.165) is 0 Å². The normalized spacial score (nSPS) is 34.1. The minimum absolute atomic E-state index is 0.174. The summed E-state index contributed by atoms with van der Waals surface area (Å²) in [5, 5.41) is 0.661. The molecule has 1 fully saturated rings. The highest BCUT2D eigenvalue weighted by molar-refractivity contribution is 8.00. The lowest BCUT2D eigenvalue weighted by atomic mass is 10.2. The van der Waals surface area contributed by atoms with E-state index < -0.39 is 0 Å². The molecule has 1 aliphatic rings. The molecule has 0 aromatic rings. The fourth-order valence-corrected chi connectivity index (χ4v) is 2.38. The van der Waals surface area contributed by atoms with Crippen LogP contribution in [0.1, 0.15) is 20.3 Å². The van der Waals surface area contributed by atoms with Gasteiger partial charge in [0.1, 0.15) is 0 Å². The Kier molecular flexibility index (Phi) is 3.69. The maximum atomic E-state index is 5.63. The van der Waals surface area contributed by atoms with Gasteiger partial charge in [0.25, 0.3) is 0 Å². The lowest BCUT2D eigenvalue weighted by Gasteiger charge is -2.16. The molecule has 0 spiro atoms. The summed E-state index contributed by atoms with van der Waals surface area (Å²) in [6.45, 7) is 4.91. The van der Waals surface area contributed by atoms with E-state index >= 15 is 0 Å². The first-order chi connectivity index (χ1) is 5.20. The molecule has 0 aromatic heterocycles. The van der Waals surface area contributed by atoms with Crippen LogP contribution in [0.15, 0.2) is 0 Å². The molecule has 0 aromatic carbocycles. The van der Waals surface area contributed by atoms with Crippen LogP contribution in [0, 0.1) is 0 Å². The summed E-state index contributed by atoms with van der Waals surface area (Å²) >= 11 is 1.99. The van der Waals surface area contributed by atoms with Gasteiger partial charge in [-0.3, -0.25) is 0 Å². The fraction of sp³-hybridized carbons (Fsp3) is 1.00. The second kappa shape index (κ2) is 4.33. The Balaban J connectivity index is 2.15. The third kappa shape index (κ3) is 3.01. The summed E-state index contributed by atoms with van der Waals surface area (Å²) in [4.78, 5) is 0. The lowest BCUT2D eigenvalue weighted by molar-refractivity contribution is 0.0505. The van der Waals surface area contributed by atoms with Gasteiger partial charge in [0.05, 0.1) is 12.7 Å². The molecule has 1 aliphatic heterocycles. The van der Waals surface area contributed by atoms with Gasteiger partial charge in [-0.05, 0) is 19.1 Å². The molecule has 1 saturated heterocycles. The Morgan fingerprint density at radius 2 is 2.45 bits per heavy atom. The summed E-state index contributed by atoms with van der Waals surface area (Å²) < 4.78 is 5.63. The van der Waals surface area contributed by atoms with E-state index in [1.807, 2.05) is 18.7 Å². The van der Waals surface area contributed by atoms with Gasteiger partial charge in [-0.2, -0.15) is 11.8 Å². The zero-order chi connectivity index (χ0) is 8.27. The van der Waals surface area contributed by atoms with Gasteiger partial charge >= 0.3 is 0 Å². The van der Waals surface area contributed by atoms with Crippen LogP contribution in [0.5, 0.6) is 0 Å².